The molecular weight excluding hydrogens is 188 g/mol. The van der Waals surface area contributed by atoms with Crippen molar-refractivity contribution in [3.63, 3.8) is 0 Å². The molecule has 1 aromatic carbocycles. The van der Waals surface area contributed by atoms with Crippen LogP contribution >= 0.6 is 0 Å². The molecule has 2 heterocycles. The van der Waals surface area contributed by atoms with Gasteiger partial charge in [0.15, 0.2) is 5.65 Å². The number of benzene rings is 1. The van der Waals surface area contributed by atoms with E-state index in [0.29, 0.717) is 5.69 Å². The van der Waals surface area contributed by atoms with E-state index < -0.39 is 0 Å². The van der Waals surface area contributed by atoms with Crippen LogP contribution in [0, 0.1) is 0 Å². The van der Waals surface area contributed by atoms with Gasteiger partial charge in [-0.15, -0.1) is 0 Å². The van der Waals surface area contributed by atoms with Gasteiger partial charge < -0.3 is 10.7 Å². The maximum atomic E-state index is 5.75. The number of nitrogens with two attached hydrogens (primary N) is 1. The second-order valence-corrected chi connectivity index (χ2v) is 3.43. The van der Waals surface area contributed by atoms with Gasteiger partial charge in [0.05, 0.1) is 23.8 Å². The van der Waals surface area contributed by atoms with Gasteiger partial charge in [-0.05, 0) is 5.56 Å². The molecule has 0 atom stereocenters. The zero-order chi connectivity index (χ0) is 10.3. The highest BCUT2D eigenvalue weighted by atomic mass is 15.3. The van der Waals surface area contributed by atoms with E-state index in [2.05, 4.69) is 10.1 Å². The van der Waals surface area contributed by atoms with Crippen LogP contribution in [0.15, 0.2) is 42.7 Å². The lowest BCUT2D eigenvalue weighted by Crippen LogP contribution is -1.82. The van der Waals surface area contributed by atoms with Gasteiger partial charge in [0.25, 0.3) is 0 Å². The summed E-state index contributed by atoms with van der Waals surface area (Å²) in [4.78, 5) is 3.24. The van der Waals surface area contributed by atoms with Gasteiger partial charge in [0.2, 0.25) is 0 Å². The Morgan fingerprint density at radius 3 is 2.73 bits per heavy atom. The minimum absolute atomic E-state index is 0.664. The van der Waals surface area contributed by atoms with E-state index in [4.69, 9.17) is 5.73 Å². The van der Waals surface area contributed by atoms with Crippen molar-refractivity contribution in [1.29, 1.82) is 0 Å². The van der Waals surface area contributed by atoms with Crippen LogP contribution in [0.2, 0.25) is 0 Å². The number of aromatic nitrogens is 3. The first-order chi connectivity index (χ1) is 7.34. The maximum Gasteiger partial charge on any atom is 0.156 e. The molecule has 74 valence electrons. The van der Waals surface area contributed by atoms with Crippen molar-refractivity contribution in [3.8, 4) is 11.3 Å². The van der Waals surface area contributed by atoms with Gasteiger partial charge >= 0.3 is 0 Å². The Morgan fingerprint density at radius 2 is 2.00 bits per heavy atom. The number of rotatable bonds is 1. The van der Waals surface area contributed by atoms with Crippen molar-refractivity contribution in [1.82, 2.24) is 14.6 Å². The van der Waals surface area contributed by atoms with Crippen LogP contribution in [0.1, 0.15) is 0 Å². The minimum Gasteiger partial charge on any atom is -0.394 e. The number of nitrogens with zero attached hydrogens (tertiary/aromatic N) is 2. The van der Waals surface area contributed by atoms with Crippen LogP contribution in [-0.2, 0) is 0 Å². The van der Waals surface area contributed by atoms with Gasteiger partial charge in [-0.25, -0.2) is 4.52 Å². The Morgan fingerprint density at radius 1 is 1.20 bits per heavy atom. The van der Waals surface area contributed by atoms with Crippen molar-refractivity contribution in [2.45, 2.75) is 0 Å². The Bertz CT molecular complexity index is 591. The molecule has 4 nitrogen and oxygen atoms in total. The van der Waals surface area contributed by atoms with Crippen molar-refractivity contribution in [2.24, 2.45) is 0 Å². The molecule has 0 bridgehead atoms. The van der Waals surface area contributed by atoms with Gasteiger partial charge in [-0.1, -0.05) is 30.3 Å². The third-order valence-electron chi connectivity index (χ3n) is 2.41. The molecule has 0 amide bonds. The smallest absolute Gasteiger partial charge is 0.156 e. The molecule has 0 spiro atoms. The SMILES string of the molecule is Nc1cnn2cc(-c3ccccc3)[nH]c12. The molecular formula is C11H10N4. The Hall–Kier alpha value is -2.23. The van der Waals surface area contributed by atoms with Gasteiger partial charge in [-0.3, -0.25) is 0 Å². The highest BCUT2D eigenvalue weighted by molar-refractivity contribution is 5.70. The Kier molecular flexibility index (Phi) is 1.56. The monoisotopic (exact) mass is 198 g/mol. The number of H-pyrrole nitrogens is 1. The number of hydrogen-bond donors (Lipinski definition) is 2. The molecule has 3 rings (SSSR count). The Balaban J connectivity index is 2.20. The molecule has 0 saturated carbocycles. The fourth-order valence-electron chi connectivity index (χ4n) is 1.65. The lowest BCUT2D eigenvalue weighted by atomic mass is 10.2. The quantitative estimate of drug-likeness (QED) is 0.627. The Labute approximate surface area is 86.3 Å². The molecule has 0 aliphatic heterocycles. The summed E-state index contributed by atoms with van der Waals surface area (Å²) in [5.74, 6) is 0. The van der Waals surface area contributed by atoms with E-state index in [1.54, 1.807) is 10.7 Å². The van der Waals surface area contributed by atoms with Crippen LogP contribution in [0.3, 0.4) is 0 Å². The fraction of sp³-hybridized carbons (Fsp3) is 0. The topological polar surface area (TPSA) is 59.1 Å². The zero-order valence-corrected chi connectivity index (χ0v) is 8.01. The number of nitrogen functional groups attached to an aromatic ring is 1. The minimum atomic E-state index is 0.664. The summed E-state index contributed by atoms with van der Waals surface area (Å²) < 4.78 is 1.75. The number of imidazole rings is 1. The summed E-state index contributed by atoms with van der Waals surface area (Å²) in [7, 11) is 0. The molecule has 3 aromatic rings. The summed E-state index contributed by atoms with van der Waals surface area (Å²) in [6.45, 7) is 0. The zero-order valence-electron chi connectivity index (χ0n) is 8.01. The van der Waals surface area contributed by atoms with E-state index in [-0.39, 0.29) is 0 Å². The molecule has 15 heavy (non-hydrogen) atoms. The van der Waals surface area contributed by atoms with E-state index >= 15 is 0 Å². The second-order valence-electron chi connectivity index (χ2n) is 3.43. The third-order valence-corrected chi connectivity index (χ3v) is 2.41. The summed E-state index contributed by atoms with van der Waals surface area (Å²) in [6, 6.07) is 10.1. The summed E-state index contributed by atoms with van der Waals surface area (Å²) in [6.07, 6.45) is 3.57. The first-order valence-electron chi connectivity index (χ1n) is 4.72. The number of fused-ring (bicyclic) bond motifs is 1. The summed E-state index contributed by atoms with van der Waals surface area (Å²) in [5, 5.41) is 4.12. The highest BCUT2D eigenvalue weighted by Gasteiger charge is 2.05. The first kappa shape index (κ1) is 8.11. The van der Waals surface area contributed by atoms with Crippen molar-refractivity contribution in [2.75, 3.05) is 5.73 Å². The predicted octanol–water partition coefficient (Wildman–Crippen LogP) is 1.91. The molecule has 4 heteroatoms. The molecule has 0 fully saturated rings. The molecule has 3 N–H and O–H groups in total. The number of nitrogens with one attached hydrogen (secondary N) is 1. The lowest BCUT2D eigenvalue weighted by Gasteiger charge is -1.94. The van der Waals surface area contributed by atoms with Crippen LogP contribution in [0.5, 0.6) is 0 Å². The van der Waals surface area contributed by atoms with Crippen molar-refractivity contribution in [3.05, 3.63) is 42.7 Å². The average molecular weight is 198 g/mol. The fourth-order valence-corrected chi connectivity index (χ4v) is 1.65. The van der Waals surface area contributed by atoms with E-state index in [1.807, 2.05) is 36.5 Å². The third kappa shape index (κ3) is 1.19. The normalized spacial score (nSPS) is 10.9. The van der Waals surface area contributed by atoms with Crippen molar-refractivity contribution >= 4 is 11.3 Å². The standard InChI is InChI=1S/C11H10N4/c12-9-6-13-15-7-10(14-11(9)15)8-4-2-1-3-5-8/h1-7,14H,12H2. The van der Waals surface area contributed by atoms with E-state index in [9.17, 15) is 0 Å². The van der Waals surface area contributed by atoms with E-state index in [0.717, 1.165) is 16.9 Å². The molecule has 0 unspecified atom stereocenters. The molecule has 2 aromatic heterocycles. The molecule has 0 radical (unpaired) electrons. The number of anilines is 1. The predicted molar refractivity (Wildman–Crippen MR) is 59.4 cm³/mol. The molecule has 0 aliphatic rings. The van der Waals surface area contributed by atoms with Crippen LogP contribution in [0.25, 0.3) is 16.9 Å². The number of aromatic amines is 1. The van der Waals surface area contributed by atoms with Crippen LogP contribution in [0.4, 0.5) is 5.69 Å². The highest BCUT2D eigenvalue weighted by Crippen LogP contribution is 2.20. The molecule has 0 aliphatic carbocycles. The van der Waals surface area contributed by atoms with E-state index in [1.165, 1.54) is 0 Å². The first-order valence-corrected chi connectivity index (χ1v) is 4.72. The average Bonchev–Trinajstić information content (AvgIpc) is 2.83. The maximum absolute atomic E-state index is 5.75. The molecule has 0 saturated heterocycles. The summed E-state index contributed by atoms with van der Waals surface area (Å²) in [5.41, 5.74) is 9.40. The van der Waals surface area contributed by atoms with Gasteiger partial charge in [0.1, 0.15) is 0 Å². The van der Waals surface area contributed by atoms with Crippen LogP contribution < -0.4 is 5.73 Å². The van der Waals surface area contributed by atoms with Gasteiger partial charge in [-0.2, -0.15) is 5.10 Å². The second kappa shape index (κ2) is 2.88. The van der Waals surface area contributed by atoms with Crippen LogP contribution in [-0.4, -0.2) is 14.6 Å². The lowest BCUT2D eigenvalue weighted by molar-refractivity contribution is 0.974. The van der Waals surface area contributed by atoms with Gasteiger partial charge in [0, 0.05) is 0 Å². The summed E-state index contributed by atoms with van der Waals surface area (Å²) >= 11 is 0. The largest absolute Gasteiger partial charge is 0.394 e. The number of hydrogen-bond acceptors (Lipinski definition) is 2. The van der Waals surface area contributed by atoms with Crippen molar-refractivity contribution < 1.29 is 0 Å².